The number of ether oxygens (including phenoxy) is 1. The van der Waals surface area contributed by atoms with Crippen molar-refractivity contribution in [3.63, 3.8) is 0 Å². The number of halogens is 1. The maximum absolute atomic E-state index is 13.1. The maximum Gasteiger partial charge on any atom is 0.321 e. The Bertz CT molecular complexity index is 832. The van der Waals surface area contributed by atoms with Crippen LogP contribution in [-0.2, 0) is 15.0 Å². The lowest BCUT2D eigenvalue weighted by atomic mass is 9.85. The van der Waals surface area contributed by atoms with E-state index in [-0.39, 0.29) is 17.9 Å². The number of hydrogen-bond donors (Lipinski definition) is 2. The van der Waals surface area contributed by atoms with Crippen molar-refractivity contribution in [2.75, 3.05) is 6.54 Å². The van der Waals surface area contributed by atoms with E-state index in [9.17, 15) is 18.8 Å². The lowest BCUT2D eigenvalue weighted by molar-refractivity contribution is -0.139. The van der Waals surface area contributed by atoms with Gasteiger partial charge in [0.1, 0.15) is 11.6 Å². The molecule has 2 amide bonds. The lowest BCUT2D eigenvalue weighted by Crippen LogP contribution is -2.34. The zero-order valence-corrected chi connectivity index (χ0v) is 14.4. The van der Waals surface area contributed by atoms with E-state index in [1.165, 1.54) is 42.5 Å². The Hall–Kier alpha value is -3.22. The van der Waals surface area contributed by atoms with Crippen LogP contribution in [0.25, 0.3) is 0 Å². The monoisotopic (exact) mass is 358 g/mol. The van der Waals surface area contributed by atoms with Gasteiger partial charge in [-0.3, -0.25) is 14.4 Å². The Morgan fingerprint density at radius 1 is 1.12 bits per heavy atom. The van der Waals surface area contributed by atoms with Crippen molar-refractivity contribution in [2.24, 2.45) is 5.73 Å². The van der Waals surface area contributed by atoms with Gasteiger partial charge in [-0.25, -0.2) is 4.39 Å². The molecule has 0 heterocycles. The summed E-state index contributed by atoms with van der Waals surface area (Å²) >= 11 is 0. The number of carbonyl (C=O) groups is 3. The summed E-state index contributed by atoms with van der Waals surface area (Å²) in [6, 6.07) is 11.6. The summed E-state index contributed by atoms with van der Waals surface area (Å²) in [7, 11) is 0. The molecule has 0 aliphatic carbocycles. The molecule has 136 valence electrons. The number of esters is 1. The van der Waals surface area contributed by atoms with E-state index >= 15 is 0 Å². The summed E-state index contributed by atoms with van der Waals surface area (Å²) in [6.07, 6.45) is 0. The molecule has 3 N–H and O–H groups in total. The molecule has 0 saturated heterocycles. The first-order valence-corrected chi connectivity index (χ1v) is 7.85. The van der Waals surface area contributed by atoms with Crippen LogP contribution in [0.3, 0.4) is 0 Å². The molecule has 0 aliphatic rings. The second-order valence-corrected chi connectivity index (χ2v) is 6.20. The third-order valence-electron chi connectivity index (χ3n) is 3.81. The van der Waals surface area contributed by atoms with E-state index in [2.05, 4.69) is 5.32 Å². The Morgan fingerprint density at radius 2 is 1.77 bits per heavy atom. The summed E-state index contributed by atoms with van der Waals surface area (Å²) in [5, 5.41) is 2.35. The number of nitrogens with two attached hydrogens (primary N) is 1. The third-order valence-corrected chi connectivity index (χ3v) is 3.81. The van der Waals surface area contributed by atoms with Gasteiger partial charge in [0.05, 0.1) is 12.0 Å². The second-order valence-electron chi connectivity index (χ2n) is 6.20. The molecular weight excluding hydrogens is 339 g/mol. The highest BCUT2D eigenvalue weighted by atomic mass is 19.1. The molecule has 2 aromatic carbocycles. The highest BCUT2D eigenvalue weighted by molar-refractivity contribution is 5.96. The minimum Gasteiger partial charge on any atom is -0.426 e. The summed E-state index contributed by atoms with van der Waals surface area (Å²) in [4.78, 5) is 35.2. The van der Waals surface area contributed by atoms with Crippen LogP contribution in [0.5, 0.6) is 5.75 Å². The fourth-order valence-electron chi connectivity index (χ4n) is 2.19. The van der Waals surface area contributed by atoms with Gasteiger partial charge < -0.3 is 15.8 Å². The minimum atomic E-state index is -1.02. The molecule has 7 heteroatoms. The van der Waals surface area contributed by atoms with Gasteiger partial charge in [-0.2, -0.15) is 0 Å². The van der Waals surface area contributed by atoms with Crippen LogP contribution in [0, 0.1) is 5.82 Å². The summed E-state index contributed by atoms with van der Waals surface area (Å²) in [6.45, 7) is 3.03. The van der Waals surface area contributed by atoms with E-state index in [0.717, 1.165) is 0 Å². The Balaban J connectivity index is 2.13. The minimum absolute atomic E-state index is 0.178. The van der Waals surface area contributed by atoms with Gasteiger partial charge in [-0.15, -0.1) is 0 Å². The first kappa shape index (κ1) is 19.1. The lowest BCUT2D eigenvalue weighted by Gasteiger charge is -2.23. The summed E-state index contributed by atoms with van der Waals surface area (Å²) < 4.78 is 18.4. The molecule has 0 saturated carbocycles. The SMILES string of the molecule is CC(C)(C(=O)Oc1cccc(C(=O)NCC(N)=O)c1)c1ccc(F)cc1. The fourth-order valence-corrected chi connectivity index (χ4v) is 2.19. The second kappa shape index (κ2) is 7.77. The van der Waals surface area contributed by atoms with Crippen molar-refractivity contribution >= 4 is 17.8 Å². The molecule has 0 radical (unpaired) electrons. The van der Waals surface area contributed by atoms with E-state index in [1.54, 1.807) is 19.9 Å². The predicted molar refractivity (Wildman–Crippen MR) is 93.0 cm³/mol. The number of primary amides is 1. The molecular formula is C19H19FN2O4. The fraction of sp³-hybridized carbons (Fsp3) is 0.211. The molecule has 26 heavy (non-hydrogen) atoms. The molecule has 0 unspecified atom stereocenters. The van der Waals surface area contributed by atoms with Crippen LogP contribution >= 0.6 is 0 Å². The van der Waals surface area contributed by atoms with Gasteiger partial charge in [0, 0.05) is 5.56 Å². The Kier molecular flexibility index (Phi) is 5.71. The average molecular weight is 358 g/mol. The standard InChI is InChI=1S/C19H19FN2O4/c1-19(2,13-6-8-14(20)9-7-13)18(25)26-15-5-3-4-12(10-15)17(24)22-11-16(21)23/h3-10H,11H2,1-2H3,(H2,21,23)(H,22,24). The van der Waals surface area contributed by atoms with Crippen LogP contribution in [0.15, 0.2) is 48.5 Å². The highest BCUT2D eigenvalue weighted by Crippen LogP contribution is 2.26. The van der Waals surface area contributed by atoms with Crippen molar-refractivity contribution in [1.29, 1.82) is 0 Å². The van der Waals surface area contributed by atoms with Crippen molar-refractivity contribution in [3.8, 4) is 5.75 Å². The highest BCUT2D eigenvalue weighted by Gasteiger charge is 2.32. The molecule has 0 aromatic heterocycles. The molecule has 0 fully saturated rings. The number of nitrogens with one attached hydrogen (secondary N) is 1. The van der Waals surface area contributed by atoms with E-state index in [1.807, 2.05) is 0 Å². The molecule has 0 bridgehead atoms. The molecule has 6 nitrogen and oxygen atoms in total. The van der Waals surface area contributed by atoms with Gasteiger partial charge in [0.25, 0.3) is 5.91 Å². The summed E-state index contributed by atoms with van der Waals surface area (Å²) in [5.41, 5.74) is 4.78. The van der Waals surface area contributed by atoms with Gasteiger partial charge in [-0.05, 0) is 49.7 Å². The largest absolute Gasteiger partial charge is 0.426 e. The average Bonchev–Trinajstić information content (AvgIpc) is 2.60. The maximum atomic E-state index is 13.1. The number of carbonyl (C=O) groups excluding carboxylic acids is 3. The van der Waals surface area contributed by atoms with Crippen LogP contribution in [-0.4, -0.2) is 24.3 Å². The first-order valence-electron chi connectivity index (χ1n) is 7.85. The van der Waals surface area contributed by atoms with Gasteiger partial charge in [0.2, 0.25) is 5.91 Å². The van der Waals surface area contributed by atoms with Crippen LogP contribution < -0.4 is 15.8 Å². The van der Waals surface area contributed by atoms with Crippen LogP contribution in [0.1, 0.15) is 29.8 Å². The van der Waals surface area contributed by atoms with E-state index in [0.29, 0.717) is 5.56 Å². The van der Waals surface area contributed by atoms with Crippen molar-refractivity contribution in [3.05, 3.63) is 65.5 Å². The number of hydrogen-bond acceptors (Lipinski definition) is 4. The van der Waals surface area contributed by atoms with Crippen molar-refractivity contribution < 1.29 is 23.5 Å². The quantitative estimate of drug-likeness (QED) is 0.609. The molecule has 0 atom stereocenters. The first-order chi connectivity index (χ1) is 12.2. The van der Waals surface area contributed by atoms with Crippen LogP contribution in [0.2, 0.25) is 0 Å². The smallest absolute Gasteiger partial charge is 0.321 e. The third kappa shape index (κ3) is 4.66. The Labute approximate surface area is 150 Å². The van der Waals surface area contributed by atoms with Gasteiger partial charge in [0.15, 0.2) is 0 Å². The zero-order chi connectivity index (χ0) is 19.3. The van der Waals surface area contributed by atoms with E-state index < -0.39 is 29.0 Å². The number of benzene rings is 2. The van der Waals surface area contributed by atoms with Crippen molar-refractivity contribution in [2.45, 2.75) is 19.3 Å². The van der Waals surface area contributed by atoms with Gasteiger partial charge in [-0.1, -0.05) is 18.2 Å². The van der Waals surface area contributed by atoms with Gasteiger partial charge >= 0.3 is 5.97 Å². The molecule has 0 spiro atoms. The molecule has 0 aliphatic heterocycles. The van der Waals surface area contributed by atoms with Crippen molar-refractivity contribution in [1.82, 2.24) is 5.32 Å². The van der Waals surface area contributed by atoms with Crippen LogP contribution in [0.4, 0.5) is 4.39 Å². The predicted octanol–water partition coefficient (Wildman–Crippen LogP) is 1.92. The number of rotatable bonds is 6. The molecule has 2 rings (SSSR count). The number of amides is 2. The molecule has 2 aromatic rings. The van der Waals surface area contributed by atoms with E-state index in [4.69, 9.17) is 10.5 Å². The topological polar surface area (TPSA) is 98.5 Å². The summed E-state index contributed by atoms with van der Waals surface area (Å²) in [5.74, 6) is -1.95. The zero-order valence-electron chi connectivity index (χ0n) is 14.4. The normalized spacial score (nSPS) is 10.9. The Morgan fingerprint density at radius 3 is 2.38 bits per heavy atom.